The van der Waals surface area contributed by atoms with Gasteiger partial charge in [-0.05, 0) is 37.6 Å². The molecular formula is C21H20O6. The van der Waals surface area contributed by atoms with Gasteiger partial charge in [-0.25, -0.2) is 0 Å². The van der Waals surface area contributed by atoms with Crippen molar-refractivity contribution in [1.29, 1.82) is 0 Å². The maximum absolute atomic E-state index is 12.9. The van der Waals surface area contributed by atoms with Gasteiger partial charge < -0.3 is 24.1 Å². The minimum atomic E-state index is -0.467. The molecular weight excluding hydrogens is 348 g/mol. The van der Waals surface area contributed by atoms with E-state index in [0.717, 1.165) is 5.56 Å². The Hall–Kier alpha value is -3.41. The fourth-order valence-electron chi connectivity index (χ4n) is 3.02. The third kappa shape index (κ3) is 3.10. The molecule has 0 aliphatic rings. The summed E-state index contributed by atoms with van der Waals surface area (Å²) in [6.45, 7) is 3.63. The van der Waals surface area contributed by atoms with Crippen molar-refractivity contribution in [2.75, 3.05) is 14.2 Å². The molecule has 0 aliphatic carbocycles. The van der Waals surface area contributed by atoms with Gasteiger partial charge in [0.15, 0.2) is 17.1 Å². The molecule has 0 fully saturated rings. The zero-order valence-electron chi connectivity index (χ0n) is 15.5. The number of benzene rings is 2. The molecule has 0 amide bonds. The van der Waals surface area contributed by atoms with Crippen LogP contribution in [0.15, 0.2) is 34.8 Å². The number of aryl methyl sites for hydroxylation is 2. The maximum atomic E-state index is 12.9. The molecule has 0 atom stereocenters. The number of carbonyl (C=O) groups excluding carboxylic acids is 1. The van der Waals surface area contributed by atoms with Crippen molar-refractivity contribution in [3.63, 3.8) is 0 Å². The van der Waals surface area contributed by atoms with E-state index in [1.807, 2.05) is 6.92 Å². The Morgan fingerprint density at radius 3 is 2.44 bits per heavy atom. The standard InChI is InChI=1S/C21H20O6/c1-11-12(2)27-20-16(11)19(25-3)17(18(24)21(20)26-4)15(23)9-8-13-6-5-7-14(22)10-13/h5-10,22,24H,1-4H3/b9-8+. The van der Waals surface area contributed by atoms with Gasteiger partial charge in [0.25, 0.3) is 0 Å². The van der Waals surface area contributed by atoms with Gasteiger partial charge in [0, 0.05) is 5.56 Å². The Morgan fingerprint density at radius 1 is 1.11 bits per heavy atom. The number of aromatic hydroxyl groups is 2. The molecule has 0 aliphatic heterocycles. The third-order valence-electron chi connectivity index (χ3n) is 4.45. The summed E-state index contributed by atoms with van der Waals surface area (Å²) in [5, 5.41) is 20.8. The van der Waals surface area contributed by atoms with Crippen LogP contribution in [0.4, 0.5) is 0 Å². The average Bonchev–Trinajstić information content (AvgIpc) is 2.93. The number of ketones is 1. The molecule has 2 N–H and O–H groups in total. The fourth-order valence-corrected chi connectivity index (χ4v) is 3.02. The number of phenolic OH excluding ortho intramolecular Hbond substituents is 2. The van der Waals surface area contributed by atoms with E-state index in [1.165, 1.54) is 32.4 Å². The number of fused-ring (bicyclic) bond motifs is 1. The smallest absolute Gasteiger partial charge is 0.205 e. The Kier molecular flexibility index (Phi) is 4.81. The number of methoxy groups -OCH3 is 2. The first-order valence-corrected chi connectivity index (χ1v) is 8.27. The zero-order valence-corrected chi connectivity index (χ0v) is 15.5. The van der Waals surface area contributed by atoms with Gasteiger partial charge in [-0.15, -0.1) is 0 Å². The molecule has 1 heterocycles. The summed E-state index contributed by atoms with van der Waals surface area (Å²) in [7, 11) is 2.82. The lowest BCUT2D eigenvalue weighted by atomic mass is 10.0. The lowest BCUT2D eigenvalue weighted by Gasteiger charge is -2.13. The minimum absolute atomic E-state index is 0.0119. The van der Waals surface area contributed by atoms with E-state index in [0.29, 0.717) is 22.3 Å². The molecule has 0 saturated carbocycles. The highest BCUT2D eigenvalue weighted by atomic mass is 16.5. The first-order valence-electron chi connectivity index (χ1n) is 8.27. The van der Waals surface area contributed by atoms with Crippen LogP contribution in [-0.2, 0) is 0 Å². The van der Waals surface area contributed by atoms with Crippen molar-refractivity contribution >= 4 is 22.8 Å². The molecule has 27 heavy (non-hydrogen) atoms. The predicted molar refractivity (Wildman–Crippen MR) is 102 cm³/mol. The highest BCUT2D eigenvalue weighted by molar-refractivity contribution is 6.15. The fraction of sp³-hybridized carbons (Fsp3) is 0.190. The van der Waals surface area contributed by atoms with Gasteiger partial charge in [0.05, 0.1) is 19.6 Å². The van der Waals surface area contributed by atoms with E-state index in [4.69, 9.17) is 13.9 Å². The molecule has 6 nitrogen and oxygen atoms in total. The van der Waals surface area contributed by atoms with Crippen LogP contribution in [0.25, 0.3) is 17.0 Å². The van der Waals surface area contributed by atoms with Crippen LogP contribution in [0.1, 0.15) is 27.2 Å². The zero-order chi connectivity index (χ0) is 19.7. The highest BCUT2D eigenvalue weighted by Gasteiger charge is 2.28. The largest absolute Gasteiger partial charge is 0.508 e. The molecule has 0 saturated heterocycles. The van der Waals surface area contributed by atoms with Gasteiger partial charge >= 0.3 is 0 Å². The van der Waals surface area contributed by atoms with Gasteiger partial charge in [0.2, 0.25) is 5.75 Å². The summed E-state index contributed by atoms with van der Waals surface area (Å²) < 4.78 is 16.4. The van der Waals surface area contributed by atoms with E-state index < -0.39 is 5.78 Å². The molecule has 3 aromatic rings. The van der Waals surface area contributed by atoms with Crippen LogP contribution in [0, 0.1) is 13.8 Å². The number of ether oxygens (including phenoxy) is 2. The molecule has 140 valence electrons. The van der Waals surface area contributed by atoms with Crippen LogP contribution in [0.3, 0.4) is 0 Å². The number of carbonyl (C=O) groups is 1. The van der Waals surface area contributed by atoms with Crippen LogP contribution in [0.5, 0.6) is 23.0 Å². The summed E-state index contributed by atoms with van der Waals surface area (Å²) >= 11 is 0. The Labute approximate surface area is 156 Å². The Balaban J connectivity index is 2.19. The predicted octanol–water partition coefficient (Wildman–Crippen LogP) is 4.37. The number of allylic oxidation sites excluding steroid dienone is 1. The number of rotatable bonds is 5. The molecule has 2 aromatic carbocycles. The van der Waals surface area contributed by atoms with E-state index in [-0.39, 0.29) is 28.6 Å². The average molecular weight is 368 g/mol. The Morgan fingerprint density at radius 2 is 1.81 bits per heavy atom. The summed E-state index contributed by atoms with van der Waals surface area (Å²) in [5.41, 5.74) is 1.76. The number of phenols is 2. The summed E-state index contributed by atoms with van der Waals surface area (Å²) in [5.74, 6) is 0.227. The quantitative estimate of drug-likeness (QED) is 0.513. The first-order chi connectivity index (χ1) is 12.9. The van der Waals surface area contributed by atoms with E-state index >= 15 is 0 Å². The minimum Gasteiger partial charge on any atom is -0.508 e. The second kappa shape index (κ2) is 7.07. The van der Waals surface area contributed by atoms with Gasteiger partial charge in [0.1, 0.15) is 22.8 Å². The topological polar surface area (TPSA) is 89.1 Å². The first kappa shape index (κ1) is 18.4. The lowest BCUT2D eigenvalue weighted by Crippen LogP contribution is -2.02. The van der Waals surface area contributed by atoms with Gasteiger partial charge in [-0.1, -0.05) is 18.2 Å². The van der Waals surface area contributed by atoms with Crippen molar-refractivity contribution in [1.82, 2.24) is 0 Å². The van der Waals surface area contributed by atoms with E-state index in [2.05, 4.69) is 0 Å². The van der Waals surface area contributed by atoms with Crippen LogP contribution in [-0.4, -0.2) is 30.2 Å². The molecule has 0 spiro atoms. The van der Waals surface area contributed by atoms with Crippen LogP contribution in [0.2, 0.25) is 0 Å². The second-order valence-corrected chi connectivity index (χ2v) is 6.07. The lowest BCUT2D eigenvalue weighted by molar-refractivity contribution is 0.104. The van der Waals surface area contributed by atoms with Crippen molar-refractivity contribution in [2.45, 2.75) is 13.8 Å². The van der Waals surface area contributed by atoms with E-state index in [9.17, 15) is 15.0 Å². The van der Waals surface area contributed by atoms with E-state index in [1.54, 1.807) is 25.1 Å². The van der Waals surface area contributed by atoms with Gasteiger partial charge in [-0.3, -0.25) is 4.79 Å². The van der Waals surface area contributed by atoms with Crippen molar-refractivity contribution < 1.29 is 28.9 Å². The molecule has 1 aromatic heterocycles. The summed E-state index contributed by atoms with van der Waals surface area (Å²) in [6, 6.07) is 6.48. The van der Waals surface area contributed by atoms with Crippen molar-refractivity contribution in [3.8, 4) is 23.0 Å². The molecule has 0 unspecified atom stereocenters. The highest BCUT2D eigenvalue weighted by Crippen LogP contribution is 2.48. The number of hydrogen-bond donors (Lipinski definition) is 2. The second-order valence-electron chi connectivity index (χ2n) is 6.07. The third-order valence-corrected chi connectivity index (χ3v) is 4.45. The Bertz CT molecular complexity index is 1060. The maximum Gasteiger partial charge on any atom is 0.205 e. The van der Waals surface area contributed by atoms with Crippen molar-refractivity contribution in [2.24, 2.45) is 0 Å². The summed E-state index contributed by atoms with van der Waals surface area (Å²) in [4.78, 5) is 12.9. The van der Waals surface area contributed by atoms with Crippen LogP contribution >= 0.6 is 0 Å². The van der Waals surface area contributed by atoms with Crippen molar-refractivity contribution in [3.05, 3.63) is 52.8 Å². The normalized spacial score (nSPS) is 11.3. The number of hydrogen-bond acceptors (Lipinski definition) is 6. The molecule has 3 rings (SSSR count). The SMILES string of the molecule is COc1c(O)c(C(=O)/C=C/c2cccc(O)c2)c(OC)c2c(C)c(C)oc12. The monoisotopic (exact) mass is 368 g/mol. The van der Waals surface area contributed by atoms with Gasteiger partial charge in [-0.2, -0.15) is 0 Å². The molecule has 0 bridgehead atoms. The number of furan rings is 1. The molecule has 6 heteroatoms. The van der Waals surface area contributed by atoms with Crippen LogP contribution < -0.4 is 9.47 Å². The summed E-state index contributed by atoms with van der Waals surface area (Å²) in [6.07, 6.45) is 2.85. The molecule has 0 radical (unpaired) electrons.